The Morgan fingerprint density at radius 3 is 2.18 bits per heavy atom. The van der Waals surface area contributed by atoms with E-state index in [9.17, 15) is 14.4 Å². The van der Waals surface area contributed by atoms with Crippen LogP contribution >= 0.6 is 0 Å². The van der Waals surface area contributed by atoms with Gasteiger partial charge in [0.2, 0.25) is 5.91 Å². The number of rotatable bonds is 9. The first-order valence-electron chi connectivity index (χ1n) is 11.5. The van der Waals surface area contributed by atoms with Crippen molar-refractivity contribution in [3.05, 3.63) is 59.7 Å². The summed E-state index contributed by atoms with van der Waals surface area (Å²) in [6.45, 7) is 4.43. The highest BCUT2D eigenvalue weighted by molar-refractivity contribution is 5.86. The molecule has 0 aromatic heterocycles. The molecule has 33 heavy (non-hydrogen) atoms. The first-order valence-corrected chi connectivity index (χ1v) is 11.5. The predicted octanol–water partition coefficient (Wildman–Crippen LogP) is 3.78. The zero-order valence-electron chi connectivity index (χ0n) is 18.9. The first kappa shape index (κ1) is 22.8. The van der Waals surface area contributed by atoms with Crippen LogP contribution in [0.15, 0.2) is 48.5 Å². The van der Waals surface area contributed by atoms with Crippen molar-refractivity contribution in [1.29, 1.82) is 0 Å². The van der Waals surface area contributed by atoms with Gasteiger partial charge in [-0.2, -0.15) is 0 Å². The first-order chi connectivity index (χ1) is 15.8. The summed E-state index contributed by atoms with van der Waals surface area (Å²) in [5.74, 6) is -1.44. The lowest BCUT2D eigenvalue weighted by atomic mass is 9.98. The Morgan fingerprint density at radius 2 is 1.64 bits per heavy atom. The molecule has 0 heterocycles. The second-order valence-electron chi connectivity index (χ2n) is 9.34. The van der Waals surface area contributed by atoms with Gasteiger partial charge >= 0.3 is 12.1 Å². The number of benzene rings is 2. The van der Waals surface area contributed by atoms with Crippen molar-refractivity contribution in [3.63, 3.8) is 0 Å². The summed E-state index contributed by atoms with van der Waals surface area (Å²) in [5.41, 5.74) is 4.55. The van der Waals surface area contributed by atoms with Gasteiger partial charge in [0.15, 0.2) is 0 Å². The number of carbonyl (C=O) groups is 3. The lowest BCUT2D eigenvalue weighted by Crippen LogP contribution is -2.48. The summed E-state index contributed by atoms with van der Waals surface area (Å²) in [6.07, 6.45) is 0.403. The molecule has 7 nitrogen and oxygen atoms in total. The van der Waals surface area contributed by atoms with E-state index >= 15 is 0 Å². The largest absolute Gasteiger partial charge is 0.481 e. The highest BCUT2D eigenvalue weighted by Gasteiger charge is 2.43. The number of hydrogen-bond acceptors (Lipinski definition) is 4. The van der Waals surface area contributed by atoms with Crippen molar-refractivity contribution >= 4 is 18.0 Å². The van der Waals surface area contributed by atoms with Gasteiger partial charge in [0.05, 0.1) is 5.92 Å². The molecule has 3 atom stereocenters. The van der Waals surface area contributed by atoms with Crippen LogP contribution < -0.4 is 10.6 Å². The molecule has 2 aliphatic rings. The molecule has 2 aromatic rings. The van der Waals surface area contributed by atoms with E-state index in [1.165, 1.54) is 0 Å². The van der Waals surface area contributed by atoms with E-state index in [-0.39, 0.29) is 36.2 Å². The molecule has 174 valence electrons. The topological polar surface area (TPSA) is 105 Å². The van der Waals surface area contributed by atoms with Crippen LogP contribution in [0.4, 0.5) is 4.79 Å². The van der Waals surface area contributed by atoms with Gasteiger partial charge in [-0.3, -0.25) is 9.59 Å². The van der Waals surface area contributed by atoms with E-state index in [4.69, 9.17) is 9.84 Å². The fourth-order valence-corrected chi connectivity index (χ4v) is 4.62. The van der Waals surface area contributed by atoms with Crippen molar-refractivity contribution in [2.45, 2.75) is 38.6 Å². The Bertz CT molecular complexity index is 1000. The second-order valence-corrected chi connectivity index (χ2v) is 9.34. The van der Waals surface area contributed by atoms with Gasteiger partial charge in [0.25, 0.3) is 0 Å². The van der Waals surface area contributed by atoms with E-state index in [2.05, 4.69) is 34.9 Å². The van der Waals surface area contributed by atoms with Gasteiger partial charge < -0.3 is 20.5 Å². The third-order valence-corrected chi connectivity index (χ3v) is 6.44. The zero-order valence-corrected chi connectivity index (χ0v) is 18.9. The van der Waals surface area contributed by atoms with E-state index in [1.54, 1.807) is 0 Å². The van der Waals surface area contributed by atoms with Crippen LogP contribution in [0.2, 0.25) is 0 Å². The number of ether oxygens (including phenoxy) is 1. The number of alkyl carbamates (subject to hydrolysis) is 1. The second kappa shape index (κ2) is 9.65. The van der Waals surface area contributed by atoms with Crippen molar-refractivity contribution in [2.75, 3.05) is 13.2 Å². The molecule has 0 spiro atoms. The molecule has 0 saturated heterocycles. The minimum absolute atomic E-state index is 0.0411. The number of carboxylic acids is 1. The number of hydrogen-bond donors (Lipinski definition) is 3. The fourth-order valence-electron chi connectivity index (χ4n) is 4.62. The summed E-state index contributed by atoms with van der Waals surface area (Å²) in [5, 5.41) is 14.5. The Balaban J connectivity index is 1.35. The molecule has 2 unspecified atom stereocenters. The molecule has 2 amide bonds. The number of amides is 2. The molecule has 0 bridgehead atoms. The lowest BCUT2D eigenvalue weighted by molar-refractivity contribution is -0.139. The highest BCUT2D eigenvalue weighted by Crippen LogP contribution is 2.44. The third-order valence-electron chi connectivity index (χ3n) is 6.44. The molecule has 0 aliphatic heterocycles. The molecule has 1 fully saturated rings. The number of fused-ring (bicyclic) bond motifs is 3. The number of nitrogens with one attached hydrogen (secondary N) is 2. The maximum atomic E-state index is 12.7. The Hall–Kier alpha value is -3.35. The number of carboxylic acid groups (broad SMARTS) is 1. The Kier molecular flexibility index (Phi) is 6.67. The van der Waals surface area contributed by atoms with E-state index in [1.807, 2.05) is 38.1 Å². The van der Waals surface area contributed by atoms with Gasteiger partial charge in [0.1, 0.15) is 12.6 Å². The lowest BCUT2D eigenvalue weighted by Gasteiger charge is -2.21. The maximum Gasteiger partial charge on any atom is 0.407 e. The minimum Gasteiger partial charge on any atom is -0.481 e. The molecule has 3 N–H and O–H groups in total. The van der Waals surface area contributed by atoms with Crippen LogP contribution in [-0.4, -0.2) is 42.3 Å². The number of aliphatic carboxylic acids is 1. The van der Waals surface area contributed by atoms with Crippen LogP contribution in [0.3, 0.4) is 0 Å². The summed E-state index contributed by atoms with van der Waals surface area (Å²) in [7, 11) is 0. The van der Waals surface area contributed by atoms with Crippen molar-refractivity contribution in [3.8, 4) is 11.1 Å². The van der Waals surface area contributed by atoms with E-state index < -0.39 is 18.1 Å². The summed E-state index contributed by atoms with van der Waals surface area (Å²) in [6, 6.07) is 15.5. The van der Waals surface area contributed by atoms with Crippen LogP contribution in [-0.2, 0) is 14.3 Å². The summed E-state index contributed by atoms with van der Waals surface area (Å²) >= 11 is 0. The zero-order chi connectivity index (χ0) is 23.5. The smallest absolute Gasteiger partial charge is 0.407 e. The van der Waals surface area contributed by atoms with Gasteiger partial charge in [0, 0.05) is 12.5 Å². The average molecular weight is 451 g/mol. The Morgan fingerprint density at radius 1 is 1.03 bits per heavy atom. The van der Waals surface area contributed by atoms with Gasteiger partial charge in [-0.1, -0.05) is 62.4 Å². The standard InChI is InChI=1S/C26H30N2O5/c1-15(2)11-23(24(29)27-13-16-12-21(16)25(30)31)28-26(32)33-14-22-19-9-5-3-7-17(19)18-8-4-6-10-20(18)22/h3-10,15-16,21-23H,11-14H2,1-2H3,(H,27,29)(H,28,32)(H,30,31)/t16?,21?,23-/m1/s1. The van der Waals surface area contributed by atoms with Crippen molar-refractivity contribution < 1.29 is 24.2 Å². The van der Waals surface area contributed by atoms with Crippen LogP contribution in [0.25, 0.3) is 11.1 Å². The Labute approximate surface area is 193 Å². The van der Waals surface area contributed by atoms with Crippen LogP contribution in [0, 0.1) is 17.8 Å². The van der Waals surface area contributed by atoms with Gasteiger partial charge in [-0.15, -0.1) is 0 Å². The summed E-state index contributed by atoms with van der Waals surface area (Å²) < 4.78 is 5.58. The minimum atomic E-state index is -0.829. The van der Waals surface area contributed by atoms with Crippen molar-refractivity contribution in [2.24, 2.45) is 17.8 Å². The van der Waals surface area contributed by atoms with Crippen molar-refractivity contribution in [1.82, 2.24) is 10.6 Å². The average Bonchev–Trinajstić information content (AvgIpc) is 3.51. The molecule has 1 saturated carbocycles. The number of carbonyl (C=O) groups excluding carboxylic acids is 2. The third kappa shape index (κ3) is 5.18. The van der Waals surface area contributed by atoms with Gasteiger partial charge in [-0.25, -0.2) is 4.79 Å². The SMILES string of the molecule is CC(C)C[C@@H](NC(=O)OCC1c2ccccc2-c2ccccc21)C(=O)NCC1CC1C(=O)O. The molecule has 2 aromatic carbocycles. The maximum absolute atomic E-state index is 12.7. The molecular formula is C26H30N2O5. The van der Waals surface area contributed by atoms with Crippen LogP contribution in [0.5, 0.6) is 0 Å². The highest BCUT2D eigenvalue weighted by atomic mass is 16.5. The predicted molar refractivity (Wildman–Crippen MR) is 124 cm³/mol. The quantitative estimate of drug-likeness (QED) is 0.539. The van der Waals surface area contributed by atoms with Crippen LogP contribution in [0.1, 0.15) is 43.7 Å². The summed E-state index contributed by atoms with van der Waals surface area (Å²) in [4.78, 5) is 36.3. The van der Waals surface area contributed by atoms with Gasteiger partial charge in [-0.05, 0) is 46.9 Å². The normalized spacial score (nSPS) is 19.4. The molecule has 7 heteroatoms. The molecule has 0 radical (unpaired) electrons. The molecule has 2 aliphatic carbocycles. The fraction of sp³-hybridized carbons (Fsp3) is 0.423. The molecule has 4 rings (SSSR count). The molecular weight excluding hydrogens is 420 g/mol. The van der Waals surface area contributed by atoms with E-state index in [0.29, 0.717) is 19.4 Å². The van der Waals surface area contributed by atoms with E-state index in [0.717, 1.165) is 22.3 Å². The monoisotopic (exact) mass is 450 g/mol.